The van der Waals surface area contributed by atoms with Crippen molar-refractivity contribution in [3.63, 3.8) is 0 Å². The van der Waals surface area contributed by atoms with Gasteiger partial charge in [0.2, 0.25) is 0 Å². The third-order valence-corrected chi connectivity index (χ3v) is 5.73. The van der Waals surface area contributed by atoms with Gasteiger partial charge < -0.3 is 5.73 Å². The van der Waals surface area contributed by atoms with E-state index in [1.165, 1.54) is 50.6 Å². The van der Waals surface area contributed by atoms with E-state index >= 15 is 0 Å². The second-order valence-corrected chi connectivity index (χ2v) is 6.99. The molecule has 0 bridgehead atoms. The van der Waals surface area contributed by atoms with Gasteiger partial charge in [-0.2, -0.15) is 0 Å². The number of rotatable bonds is 4. The molecule has 2 N–H and O–H groups in total. The molecule has 0 heterocycles. The minimum absolute atomic E-state index is 0.601. The molecule has 2 aromatic rings. The lowest BCUT2D eigenvalue weighted by Crippen LogP contribution is -2.00. The topological polar surface area (TPSA) is 26.0 Å². The van der Waals surface area contributed by atoms with E-state index in [-0.39, 0.29) is 0 Å². The fraction of sp³-hybridized carbons (Fsp3) is 0.294. The van der Waals surface area contributed by atoms with E-state index in [0.29, 0.717) is 6.54 Å². The summed E-state index contributed by atoms with van der Waals surface area (Å²) in [6.07, 6.45) is 5.90. The van der Waals surface area contributed by atoms with Gasteiger partial charge in [0.25, 0.3) is 0 Å². The number of aryl methyl sites for hydroxylation is 2. The largest absolute Gasteiger partial charge is 0.326 e. The molecule has 0 amide bonds. The Morgan fingerprint density at radius 2 is 1.85 bits per heavy atom. The normalized spacial score (nSPS) is 13.5. The van der Waals surface area contributed by atoms with Crippen molar-refractivity contribution in [2.45, 2.75) is 40.5 Å². The van der Waals surface area contributed by atoms with Crippen molar-refractivity contribution < 1.29 is 0 Å². The van der Waals surface area contributed by atoms with Crippen LogP contribution in [0.2, 0.25) is 0 Å². The van der Waals surface area contributed by atoms with Crippen molar-refractivity contribution in [2.24, 2.45) is 5.73 Å². The Balaban J connectivity index is 1.91. The first-order chi connectivity index (χ1) is 9.81. The van der Waals surface area contributed by atoms with Crippen molar-refractivity contribution in [3.05, 3.63) is 53.1 Å². The molecule has 1 aliphatic rings. The van der Waals surface area contributed by atoms with Gasteiger partial charge in [0.15, 0.2) is 0 Å². The summed E-state index contributed by atoms with van der Waals surface area (Å²) in [6, 6.07) is 13.4. The lowest BCUT2D eigenvalue weighted by atomic mass is 10.1. The van der Waals surface area contributed by atoms with E-state index in [1.54, 1.807) is 11.8 Å². The highest BCUT2D eigenvalue weighted by Crippen LogP contribution is 2.36. The Bertz CT molecular complexity index is 622. The van der Waals surface area contributed by atoms with Crippen molar-refractivity contribution >= 4 is 23.5 Å². The van der Waals surface area contributed by atoms with Crippen molar-refractivity contribution in [1.82, 2.24) is 0 Å². The highest BCUT2D eigenvalue weighted by atomic mass is 32.2. The van der Waals surface area contributed by atoms with Crippen LogP contribution < -0.4 is 5.73 Å². The van der Waals surface area contributed by atoms with E-state index in [4.69, 9.17) is 5.73 Å². The van der Waals surface area contributed by atoms with Crippen LogP contribution >= 0.6 is 23.5 Å². The Morgan fingerprint density at radius 1 is 1.05 bits per heavy atom. The van der Waals surface area contributed by atoms with Gasteiger partial charge >= 0.3 is 0 Å². The number of fused-ring (bicyclic) bond motifs is 1. The van der Waals surface area contributed by atoms with E-state index in [0.717, 1.165) is 0 Å². The van der Waals surface area contributed by atoms with Crippen LogP contribution in [-0.2, 0) is 19.4 Å². The first-order valence-electron chi connectivity index (χ1n) is 6.97. The second-order valence-electron chi connectivity index (χ2n) is 5.03. The zero-order valence-corrected chi connectivity index (χ0v) is 13.3. The molecular weight excluding hydrogens is 282 g/mol. The van der Waals surface area contributed by atoms with Crippen LogP contribution in [-0.4, -0.2) is 6.26 Å². The maximum absolute atomic E-state index is 5.94. The number of thioether (sulfide) groups is 1. The quantitative estimate of drug-likeness (QED) is 0.842. The Morgan fingerprint density at radius 3 is 2.65 bits per heavy atom. The predicted octanol–water partition coefficient (Wildman–Crippen LogP) is 4.51. The van der Waals surface area contributed by atoms with E-state index in [9.17, 15) is 0 Å². The monoisotopic (exact) mass is 301 g/mol. The summed E-state index contributed by atoms with van der Waals surface area (Å²) in [7, 11) is 0. The maximum Gasteiger partial charge on any atom is 0.0200 e. The molecule has 20 heavy (non-hydrogen) atoms. The van der Waals surface area contributed by atoms with Gasteiger partial charge in [-0.05, 0) is 66.5 Å². The zero-order chi connectivity index (χ0) is 13.9. The van der Waals surface area contributed by atoms with Gasteiger partial charge in [-0.3, -0.25) is 0 Å². The number of nitrogens with two attached hydrogens (primary N) is 1. The summed E-state index contributed by atoms with van der Waals surface area (Å²) in [6.45, 7) is 0.601. The average Bonchev–Trinajstić information content (AvgIpc) is 2.94. The van der Waals surface area contributed by atoms with Gasteiger partial charge in [0.1, 0.15) is 0 Å². The summed E-state index contributed by atoms with van der Waals surface area (Å²) >= 11 is 3.61. The summed E-state index contributed by atoms with van der Waals surface area (Å²) in [5.74, 6) is 0. The van der Waals surface area contributed by atoms with Crippen LogP contribution in [0.1, 0.15) is 23.1 Å². The molecular formula is C17H19NS2. The standard InChI is InChI=1S/C17H19NS2/c1-19-16-6-3-7-17(15(16)11-18)20-14-9-8-12-4-2-5-13(12)10-14/h3,6-10H,2,4-5,11,18H2,1H3. The molecule has 0 fully saturated rings. The summed E-state index contributed by atoms with van der Waals surface area (Å²) in [5.41, 5.74) is 10.3. The van der Waals surface area contributed by atoms with Gasteiger partial charge in [0, 0.05) is 21.2 Å². The third-order valence-electron chi connectivity index (χ3n) is 3.81. The van der Waals surface area contributed by atoms with Crippen LogP contribution in [0.5, 0.6) is 0 Å². The molecule has 2 aromatic carbocycles. The number of hydrogen-bond donors (Lipinski definition) is 1. The predicted molar refractivity (Wildman–Crippen MR) is 88.7 cm³/mol. The van der Waals surface area contributed by atoms with Crippen LogP contribution in [0, 0.1) is 0 Å². The molecule has 0 saturated heterocycles. The molecule has 1 nitrogen and oxygen atoms in total. The fourth-order valence-electron chi connectivity index (χ4n) is 2.77. The average molecular weight is 301 g/mol. The molecule has 0 atom stereocenters. The summed E-state index contributed by atoms with van der Waals surface area (Å²) < 4.78 is 0. The lowest BCUT2D eigenvalue weighted by molar-refractivity contribution is 0.911. The van der Waals surface area contributed by atoms with E-state index in [2.05, 4.69) is 42.7 Å². The minimum Gasteiger partial charge on any atom is -0.326 e. The molecule has 0 aromatic heterocycles. The summed E-state index contributed by atoms with van der Waals surface area (Å²) in [5, 5.41) is 0. The van der Waals surface area contributed by atoms with Crippen LogP contribution in [0.3, 0.4) is 0 Å². The van der Waals surface area contributed by atoms with Gasteiger partial charge in [0.05, 0.1) is 0 Å². The highest BCUT2D eigenvalue weighted by molar-refractivity contribution is 8.00. The van der Waals surface area contributed by atoms with E-state index in [1.807, 2.05) is 11.8 Å². The fourth-order valence-corrected chi connectivity index (χ4v) is 4.55. The molecule has 0 radical (unpaired) electrons. The molecule has 1 aliphatic carbocycles. The van der Waals surface area contributed by atoms with E-state index < -0.39 is 0 Å². The zero-order valence-electron chi connectivity index (χ0n) is 11.7. The first kappa shape index (κ1) is 14.1. The van der Waals surface area contributed by atoms with Crippen LogP contribution in [0.4, 0.5) is 0 Å². The van der Waals surface area contributed by atoms with Crippen LogP contribution in [0.25, 0.3) is 0 Å². The van der Waals surface area contributed by atoms with Crippen LogP contribution in [0.15, 0.2) is 51.1 Å². The molecule has 0 unspecified atom stereocenters. The number of hydrogen-bond acceptors (Lipinski definition) is 3. The molecule has 3 rings (SSSR count). The maximum atomic E-state index is 5.94. The van der Waals surface area contributed by atoms with Crippen molar-refractivity contribution in [1.29, 1.82) is 0 Å². The second kappa shape index (κ2) is 6.25. The Labute approximate surface area is 129 Å². The van der Waals surface area contributed by atoms with Gasteiger partial charge in [-0.15, -0.1) is 11.8 Å². The minimum atomic E-state index is 0.601. The van der Waals surface area contributed by atoms with Crippen molar-refractivity contribution in [3.8, 4) is 0 Å². The Hall–Kier alpha value is -0.900. The first-order valence-corrected chi connectivity index (χ1v) is 9.01. The SMILES string of the molecule is CSc1cccc(Sc2ccc3c(c2)CCC3)c1CN. The highest BCUT2D eigenvalue weighted by Gasteiger charge is 2.12. The molecule has 104 valence electrons. The molecule has 0 saturated carbocycles. The molecule has 0 spiro atoms. The lowest BCUT2D eigenvalue weighted by Gasteiger charge is -2.12. The molecule has 0 aliphatic heterocycles. The number of benzene rings is 2. The summed E-state index contributed by atoms with van der Waals surface area (Å²) in [4.78, 5) is 3.91. The molecule has 3 heteroatoms. The Kier molecular flexibility index (Phi) is 4.39. The van der Waals surface area contributed by atoms with Gasteiger partial charge in [-0.1, -0.05) is 23.9 Å². The smallest absolute Gasteiger partial charge is 0.0200 e. The third kappa shape index (κ3) is 2.76. The van der Waals surface area contributed by atoms with Gasteiger partial charge in [-0.25, -0.2) is 0 Å². The van der Waals surface area contributed by atoms with Crippen molar-refractivity contribution in [2.75, 3.05) is 6.26 Å².